The number of amides is 2. The van der Waals surface area contributed by atoms with Crippen LogP contribution in [0.15, 0.2) is 0 Å². The van der Waals surface area contributed by atoms with Crippen LogP contribution >= 0.6 is 0 Å². The lowest BCUT2D eigenvalue weighted by atomic mass is 10.1. The predicted octanol–water partition coefficient (Wildman–Crippen LogP) is -0.637. The largest absolute Gasteiger partial charge is 0.481 e. The molecule has 0 saturated carbocycles. The molecule has 0 spiro atoms. The van der Waals surface area contributed by atoms with Crippen LogP contribution in [-0.2, 0) is 9.59 Å². The summed E-state index contributed by atoms with van der Waals surface area (Å²) >= 11 is 0. The predicted molar refractivity (Wildman–Crippen MR) is 45.6 cm³/mol. The molecule has 0 aromatic heterocycles. The molecule has 5 N–H and O–H groups in total. The molecule has 0 rings (SSSR count). The highest BCUT2D eigenvalue weighted by atomic mass is 16.4. The first-order chi connectivity index (χ1) is 6.43. The van der Waals surface area contributed by atoms with Crippen LogP contribution in [0.4, 0.5) is 4.79 Å². The second-order valence-corrected chi connectivity index (χ2v) is 2.69. The van der Waals surface area contributed by atoms with Crippen LogP contribution in [0.2, 0.25) is 0 Å². The summed E-state index contributed by atoms with van der Waals surface area (Å²) in [5.41, 5.74) is 4.73. The van der Waals surface area contributed by atoms with Crippen molar-refractivity contribution in [2.45, 2.75) is 25.3 Å². The van der Waals surface area contributed by atoms with Gasteiger partial charge in [-0.3, -0.25) is 4.79 Å². The van der Waals surface area contributed by atoms with Crippen LogP contribution < -0.4 is 11.1 Å². The van der Waals surface area contributed by atoms with Gasteiger partial charge in [0.2, 0.25) is 0 Å². The maximum atomic E-state index is 10.5. The minimum Gasteiger partial charge on any atom is -0.481 e. The van der Waals surface area contributed by atoms with Crippen LogP contribution in [0, 0.1) is 0 Å². The smallest absolute Gasteiger partial charge is 0.326 e. The van der Waals surface area contributed by atoms with Gasteiger partial charge in [0.05, 0.1) is 0 Å². The highest BCUT2D eigenvalue weighted by Crippen LogP contribution is 2.01. The zero-order valence-corrected chi connectivity index (χ0v) is 7.40. The SMILES string of the molecule is NC(=O)NC(CCCC(=O)O)C(=O)O. The number of rotatable bonds is 6. The van der Waals surface area contributed by atoms with Gasteiger partial charge in [-0.2, -0.15) is 0 Å². The standard InChI is InChI=1S/C7H12N2O5/c8-7(14)9-4(6(12)13)2-1-3-5(10)11/h4H,1-3H2,(H,10,11)(H,12,13)(H3,8,9,14). The monoisotopic (exact) mass is 204 g/mol. The van der Waals surface area contributed by atoms with Gasteiger partial charge in [0.15, 0.2) is 0 Å². The molecule has 0 heterocycles. The van der Waals surface area contributed by atoms with Crippen LogP contribution in [0.5, 0.6) is 0 Å². The van der Waals surface area contributed by atoms with Gasteiger partial charge < -0.3 is 21.3 Å². The Morgan fingerprint density at radius 2 is 1.86 bits per heavy atom. The highest BCUT2D eigenvalue weighted by Gasteiger charge is 2.18. The maximum absolute atomic E-state index is 10.5. The lowest BCUT2D eigenvalue weighted by molar-refractivity contribution is -0.140. The fourth-order valence-corrected chi connectivity index (χ4v) is 0.887. The van der Waals surface area contributed by atoms with E-state index >= 15 is 0 Å². The summed E-state index contributed by atoms with van der Waals surface area (Å²) in [5, 5.41) is 18.9. The number of nitrogens with one attached hydrogen (secondary N) is 1. The van der Waals surface area contributed by atoms with Gasteiger partial charge in [0, 0.05) is 6.42 Å². The molecule has 1 unspecified atom stereocenters. The topological polar surface area (TPSA) is 130 Å². The Bertz CT molecular complexity index is 240. The summed E-state index contributed by atoms with van der Waals surface area (Å²) < 4.78 is 0. The molecule has 0 bridgehead atoms. The van der Waals surface area contributed by atoms with Crippen LogP contribution in [-0.4, -0.2) is 34.2 Å². The molecular formula is C7H12N2O5. The third kappa shape index (κ3) is 5.81. The number of carbonyl (C=O) groups is 3. The van der Waals surface area contributed by atoms with Gasteiger partial charge in [0.25, 0.3) is 0 Å². The van der Waals surface area contributed by atoms with Crippen molar-refractivity contribution in [1.82, 2.24) is 5.32 Å². The third-order valence-electron chi connectivity index (χ3n) is 1.50. The van der Waals surface area contributed by atoms with Crippen LogP contribution in [0.25, 0.3) is 0 Å². The maximum Gasteiger partial charge on any atom is 0.326 e. The second kappa shape index (κ2) is 5.79. The molecule has 0 fully saturated rings. The van der Waals surface area contributed by atoms with E-state index in [4.69, 9.17) is 15.9 Å². The molecule has 0 aliphatic rings. The molecule has 0 aliphatic carbocycles. The Labute approximate surface area is 79.9 Å². The number of hydrogen-bond acceptors (Lipinski definition) is 3. The Morgan fingerprint density at radius 1 is 1.29 bits per heavy atom. The first-order valence-corrected chi connectivity index (χ1v) is 3.94. The fourth-order valence-electron chi connectivity index (χ4n) is 0.887. The molecule has 14 heavy (non-hydrogen) atoms. The quantitative estimate of drug-likeness (QED) is 0.457. The average Bonchev–Trinajstić information content (AvgIpc) is 2.00. The summed E-state index contributed by atoms with van der Waals surface area (Å²) in [6.07, 6.45) is 0.0847. The summed E-state index contributed by atoms with van der Waals surface area (Å²) in [4.78, 5) is 30.9. The van der Waals surface area contributed by atoms with Crippen molar-refractivity contribution in [3.8, 4) is 0 Å². The molecule has 0 saturated heterocycles. The van der Waals surface area contributed by atoms with E-state index in [1.54, 1.807) is 0 Å². The molecule has 7 heteroatoms. The van der Waals surface area contributed by atoms with E-state index in [0.29, 0.717) is 0 Å². The van der Waals surface area contributed by atoms with Crippen molar-refractivity contribution >= 4 is 18.0 Å². The molecule has 7 nitrogen and oxygen atoms in total. The lowest BCUT2D eigenvalue weighted by Crippen LogP contribution is -2.43. The van der Waals surface area contributed by atoms with E-state index < -0.39 is 24.0 Å². The van der Waals surface area contributed by atoms with Crippen molar-refractivity contribution in [3.05, 3.63) is 0 Å². The van der Waals surface area contributed by atoms with Crippen molar-refractivity contribution in [1.29, 1.82) is 0 Å². The zero-order chi connectivity index (χ0) is 11.1. The summed E-state index contributed by atoms with van der Waals surface area (Å²) in [6, 6.07) is -2.06. The lowest BCUT2D eigenvalue weighted by Gasteiger charge is -2.11. The Balaban J connectivity index is 3.91. The molecule has 1 atom stereocenters. The molecule has 0 radical (unpaired) electrons. The molecule has 0 aromatic carbocycles. The van der Waals surface area contributed by atoms with Crippen molar-refractivity contribution in [3.63, 3.8) is 0 Å². The minimum absolute atomic E-state index is 0.0462. The van der Waals surface area contributed by atoms with Gasteiger partial charge in [-0.1, -0.05) is 0 Å². The first-order valence-electron chi connectivity index (χ1n) is 3.94. The van der Waals surface area contributed by atoms with Crippen LogP contribution in [0.3, 0.4) is 0 Å². The van der Waals surface area contributed by atoms with Gasteiger partial charge in [-0.15, -0.1) is 0 Å². The summed E-state index contributed by atoms with van der Waals surface area (Å²) in [6.45, 7) is 0. The van der Waals surface area contributed by atoms with Gasteiger partial charge >= 0.3 is 18.0 Å². The van der Waals surface area contributed by atoms with E-state index in [-0.39, 0.29) is 19.3 Å². The molecule has 2 amide bonds. The zero-order valence-electron chi connectivity index (χ0n) is 7.40. The highest BCUT2D eigenvalue weighted by molar-refractivity contribution is 5.81. The fraction of sp³-hybridized carbons (Fsp3) is 0.571. The van der Waals surface area contributed by atoms with Crippen molar-refractivity contribution < 1.29 is 24.6 Å². The number of aliphatic carboxylic acids is 2. The number of carboxylic acids is 2. The second-order valence-electron chi connectivity index (χ2n) is 2.69. The van der Waals surface area contributed by atoms with E-state index in [2.05, 4.69) is 0 Å². The summed E-state index contributed by atoms with van der Waals surface area (Å²) in [7, 11) is 0. The Kier molecular flexibility index (Phi) is 5.05. The number of hydrogen-bond donors (Lipinski definition) is 4. The van der Waals surface area contributed by atoms with Gasteiger partial charge in [-0.05, 0) is 12.8 Å². The minimum atomic E-state index is -1.23. The first kappa shape index (κ1) is 12.2. The molecular weight excluding hydrogens is 192 g/mol. The number of carboxylic acid groups (broad SMARTS) is 2. The van der Waals surface area contributed by atoms with Crippen molar-refractivity contribution in [2.75, 3.05) is 0 Å². The Hall–Kier alpha value is -1.79. The number of urea groups is 1. The molecule has 0 aromatic rings. The van der Waals surface area contributed by atoms with E-state index in [0.717, 1.165) is 0 Å². The number of nitrogens with two attached hydrogens (primary N) is 1. The van der Waals surface area contributed by atoms with Gasteiger partial charge in [0.1, 0.15) is 6.04 Å². The Morgan fingerprint density at radius 3 is 2.21 bits per heavy atom. The van der Waals surface area contributed by atoms with Crippen molar-refractivity contribution in [2.24, 2.45) is 5.73 Å². The van der Waals surface area contributed by atoms with Crippen LogP contribution in [0.1, 0.15) is 19.3 Å². The number of carbonyl (C=O) groups excluding carboxylic acids is 1. The van der Waals surface area contributed by atoms with E-state index in [1.165, 1.54) is 0 Å². The van der Waals surface area contributed by atoms with Gasteiger partial charge in [-0.25, -0.2) is 9.59 Å². The normalized spacial score (nSPS) is 11.7. The van der Waals surface area contributed by atoms with E-state index in [9.17, 15) is 14.4 Å². The number of primary amides is 1. The summed E-state index contributed by atoms with van der Waals surface area (Å²) in [5.74, 6) is -2.23. The third-order valence-corrected chi connectivity index (χ3v) is 1.50. The molecule has 0 aliphatic heterocycles. The average molecular weight is 204 g/mol. The van der Waals surface area contributed by atoms with E-state index in [1.807, 2.05) is 5.32 Å². The molecule has 80 valence electrons.